The van der Waals surface area contributed by atoms with Crippen molar-refractivity contribution >= 4 is 17.5 Å². The lowest BCUT2D eigenvalue weighted by Gasteiger charge is -2.42. The number of carbonyl (C=O) groups is 1. The summed E-state index contributed by atoms with van der Waals surface area (Å²) < 4.78 is 30.7. The predicted octanol–water partition coefficient (Wildman–Crippen LogP) is 6.51. The Kier molecular flexibility index (Phi) is 7.29. The Bertz CT molecular complexity index is 1260. The molecule has 37 heavy (non-hydrogen) atoms. The highest BCUT2D eigenvalue weighted by Crippen LogP contribution is 2.46. The Balaban J connectivity index is 1.54. The number of fused-ring (bicyclic) bond motifs is 1. The van der Waals surface area contributed by atoms with Crippen molar-refractivity contribution in [2.75, 3.05) is 27.4 Å². The number of nitrogens with zero attached hydrogens (tertiary/aromatic N) is 1. The van der Waals surface area contributed by atoms with Crippen LogP contribution in [0.15, 0.2) is 60.7 Å². The maximum atomic E-state index is 14.5. The number of hydrogen-bond acceptors (Lipinski definition) is 4. The molecule has 2 aliphatic rings. The number of ether oxygens (including phenoxy) is 3. The monoisotopic (exact) mass is 523 g/mol. The number of halogens is 2. The van der Waals surface area contributed by atoms with E-state index in [0.717, 1.165) is 42.4 Å². The summed E-state index contributed by atoms with van der Waals surface area (Å²) in [7, 11) is 3.22. The summed E-state index contributed by atoms with van der Waals surface area (Å²) in [5.41, 5.74) is 2.49. The van der Waals surface area contributed by atoms with Crippen molar-refractivity contribution in [1.29, 1.82) is 0 Å². The Morgan fingerprint density at radius 3 is 2.30 bits per heavy atom. The summed E-state index contributed by atoms with van der Waals surface area (Å²) in [6.07, 6.45) is 4.30. The fraction of sp³-hybridized carbons (Fsp3) is 0.367. The molecule has 3 aromatic carbocycles. The molecule has 0 radical (unpaired) electrons. The van der Waals surface area contributed by atoms with Crippen LogP contribution in [0, 0.1) is 5.82 Å². The molecule has 0 aromatic heterocycles. The van der Waals surface area contributed by atoms with E-state index >= 15 is 0 Å². The van der Waals surface area contributed by atoms with Gasteiger partial charge in [0.15, 0.2) is 11.5 Å². The quantitative estimate of drug-likeness (QED) is 0.354. The minimum absolute atomic E-state index is 0.112. The van der Waals surface area contributed by atoms with E-state index in [0.29, 0.717) is 35.2 Å². The smallest absolute Gasteiger partial charge is 0.233 e. The van der Waals surface area contributed by atoms with E-state index < -0.39 is 5.41 Å². The molecular formula is C30H31ClFNO4. The van der Waals surface area contributed by atoms with Gasteiger partial charge in [-0.3, -0.25) is 4.79 Å². The third-order valence-electron chi connectivity index (χ3n) is 7.75. The number of carbonyl (C=O) groups excluding carboxylic acids is 1. The zero-order valence-electron chi connectivity index (χ0n) is 21.1. The molecule has 0 saturated heterocycles. The molecule has 1 aliphatic carbocycles. The van der Waals surface area contributed by atoms with Crippen molar-refractivity contribution in [3.05, 3.63) is 88.2 Å². The van der Waals surface area contributed by atoms with Gasteiger partial charge in [0.25, 0.3) is 0 Å². The molecule has 0 spiro atoms. The van der Waals surface area contributed by atoms with Gasteiger partial charge >= 0.3 is 0 Å². The van der Waals surface area contributed by atoms with Gasteiger partial charge in [-0.2, -0.15) is 0 Å². The molecule has 1 atom stereocenters. The van der Waals surface area contributed by atoms with Crippen molar-refractivity contribution in [3.63, 3.8) is 0 Å². The van der Waals surface area contributed by atoms with Gasteiger partial charge in [0, 0.05) is 11.6 Å². The maximum absolute atomic E-state index is 14.5. The molecule has 1 fully saturated rings. The van der Waals surface area contributed by atoms with Crippen LogP contribution in [0.4, 0.5) is 4.39 Å². The third kappa shape index (κ3) is 4.87. The topological polar surface area (TPSA) is 48.0 Å². The van der Waals surface area contributed by atoms with Crippen LogP contribution in [-0.4, -0.2) is 38.2 Å². The van der Waals surface area contributed by atoms with Gasteiger partial charge < -0.3 is 19.1 Å². The molecule has 5 rings (SSSR count). The van der Waals surface area contributed by atoms with E-state index in [1.54, 1.807) is 26.4 Å². The van der Waals surface area contributed by atoms with Crippen molar-refractivity contribution in [2.45, 2.75) is 43.6 Å². The molecule has 7 heteroatoms. The zero-order chi connectivity index (χ0) is 26.0. The van der Waals surface area contributed by atoms with Gasteiger partial charge in [-0.05, 0) is 84.5 Å². The van der Waals surface area contributed by atoms with Crippen LogP contribution in [0.3, 0.4) is 0 Å². The summed E-state index contributed by atoms with van der Waals surface area (Å²) in [5.74, 6) is 1.61. The lowest BCUT2D eigenvalue weighted by Crippen LogP contribution is -2.50. The summed E-state index contributed by atoms with van der Waals surface area (Å²) in [6, 6.07) is 17.3. The first-order chi connectivity index (χ1) is 17.9. The standard InChI is InChI=1S/C30H31ClFNO4/c1-35-27-17-20-13-16-33(29(34)30(14-3-4-15-30)21-5-7-22(31)8-6-21)26(25(20)18-28(27)36-2)19-37-24-11-9-23(32)10-12-24/h5-12,17-18,26H,3-4,13-16,19H2,1-2H3. The van der Waals surface area contributed by atoms with Gasteiger partial charge in [-0.1, -0.05) is 36.6 Å². The highest BCUT2D eigenvalue weighted by molar-refractivity contribution is 6.30. The fourth-order valence-electron chi connectivity index (χ4n) is 5.81. The number of amides is 1. The maximum Gasteiger partial charge on any atom is 0.233 e. The van der Waals surface area contributed by atoms with Gasteiger partial charge in [0.2, 0.25) is 5.91 Å². The Labute approximate surface area is 222 Å². The van der Waals surface area contributed by atoms with E-state index in [1.807, 2.05) is 41.3 Å². The second-order valence-corrected chi connectivity index (χ2v) is 10.2. The van der Waals surface area contributed by atoms with Crippen LogP contribution in [0.2, 0.25) is 5.02 Å². The summed E-state index contributed by atoms with van der Waals surface area (Å²) >= 11 is 6.18. The highest BCUT2D eigenvalue weighted by atomic mass is 35.5. The number of methoxy groups -OCH3 is 2. The first-order valence-electron chi connectivity index (χ1n) is 12.7. The first kappa shape index (κ1) is 25.4. The van der Waals surface area contributed by atoms with Crippen LogP contribution in [0.1, 0.15) is 48.4 Å². The van der Waals surface area contributed by atoms with E-state index in [1.165, 1.54) is 12.1 Å². The molecule has 1 saturated carbocycles. The van der Waals surface area contributed by atoms with Crippen LogP contribution < -0.4 is 14.2 Å². The van der Waals surface area contributed by atoms with Crippen LogP contribution in [0.5, 0.6) is 17.2 Å². The zero-order valence-corrected chi connectivity index (χ0v) is 21.9. The molecule has 5 nitrogen and oxygen atoms in total. The minimum Gasteiger partial charge on any atom is -0.493 e. The Morgan fingerprint density at radius 1 is 1.00 bits per heavy atom. The van der Waals surface area contributed by atoms with E-state index in [-0.39, 0.29) is 24.4 Å². The minimum atomic E-state index is -0.591. The molecule has 1 amide bonds. The molecule has 3 aromatic rings. The second-order valence-electron chi connectivity index (χ2n) is 9.73. The SMILES string of the molecule is COc1cc2c(cc1OC)C(COc1ccc(F)cc1)N(C(=O)C1(c3ccc(Cl)cc3)CCCC1)CC2. The third-order valence-corrected chi connectivity index (χ3v) is 8.00. The van der Waals surface area contributed by atoms with E-state index in [9.17, 15) is 9.18 Å². The summed E-state index contributed by atoms with van der Waals surface area (Å²) in [5, 5.41) is 0.655. The van der Waals surface area contributed by atoms with Gasteiger partial charge in [0.05, 0.1) is 25.7 Å². The molecule has 1 heterocycles. The van der Waals surface area contributed by atoms with Crippen molar-refractivity contribution < 1.29 is 23.4 Å². The predicted molar refractivity (Wildman–Crippen MR) is 141 cm³/mol. The average molecular weight is 524 g/mol. The second kappa shape index (κ2) is 10.6. The Hall–Kier alpha value is -3.25. The lowest BCUT2D eigenvalue weighted by molar-refractivity contribution is -0.141. The average Bonchev–Trinajstić information content (AvgIpc) is 3.43. The van der Waals surface area contributed by atoms with Gasteiger partial charge in [-0.15, -0.1) is 0 Å². The van der Waals surface area contributed by atoms with Crippen molar-refractivity contribution in [3.8, 4) is 17.2 Å². The van der Waals surface area contributed by atoms with Crippen LogP contribution >= 0.6 is 11.6 Å². The van der Waals surface area contributed by atoms with Gasteiger partial charge in [-0.25, -0.2) is 4.39 Å². The first-order valence-corrected chi connectivity index (χ1v) is 13.0. The summed E-state index contributed by atoms with van der Waals surface area (Å²) in [4.78, 5) is 16.5. The van der Waals surface area contributed by atoms with Crippen molar-refractivity contribution in [2.24, 2.45) is 0 Å². The van der Waals surface area contributed by atoms with E-state index in [2.05, 4.69) is 0 Å². The lowest BCUT2D eigenvalue weighted by atomic mass is 9.76. The molecule has 1 unspecified atom stereocenters. The molecule has 0 bridgehead atoms. The number of hydrogen-bond donors (Lipinski definition) is 0. The number of rotatable bonds is 7. The fourth-order valence-corrected chi connectivity index (χ4v) is 5.93. The molecular weight excluding hydrogens is 493 g/mol. The van der Waals surface area contributed by atoms with E-state index in [4.69, 9.17) is 25.8 Å². The van der Waals surface area contributed by atoms with Crippen molar-refractivity contribution in [1.82, 2.24) is 4.90 Å². The van der Waals surface area contributed by atoms with Gasteiger partial charge in [0.1, 0.15) is 18.2 Å². The molecule has 194 valence electrons. The van der Waals surface area contributed by atoms with Crippen LogP contribution in [-0.2, 0) is 16.6 Å². The van der Waals surface area contributed by atoms with Crippen LogP contribution in [0.25, 0.3) is 0 Å². The summed E-state index contributed by atoms with van der Waals surface area (Å²) in [6.45, 7) is 0.796. The largest absolute Gasteiger partial charge is 0.493 e. The number of benzene rings is 3. The molecule has 0 N–H and O–H groups in total. The highest BCUT2D eigenvalue weighted by Gasteiger charge is 2.47. The molecule has 1 aliphatic heterocycles. The Morgan fingerprint density at radius 2 is 1.65 bits per heavy atom. The normalized spacial score (nSPS) is 18.3.